The quantitative estimate of drug-likeness (QED) is 0.803. The Morgan fingerprint density at radius 2 is 1.72 bits per heavy atom. The third-order valence-electron chi connectivity index (χ3n) is 3.35. The van der Waals surface area contributed by atoms with Gasteiger partial charge in [-0.1, -0.05) is 30.3 Å². The van der Waals surface area contributed by atoms with Crippen LogP contribution in [0.25, 0.3) is 0 Å². The zero-order valence-electron chi connectivity index (χ0n) is 14.2. The van der Waals surface area contributed by atoms with Crippen molar-refractivity contribution in [3.05, 3.63) is 65.7 Å². The number of hydrogen-bond acceptors (Lipinski definition) is 4. The summed E-state index contributed by atoms with van der Waals surface area (Å²) in [6, 6.07) is 14.9. The lowest BCUT2D eigenvalue weighted by Crippen LogP contribution is -2.45. The summed E-state index contributed by atoms with van der Waals surface area (Å²) in [5.41, 5.74) is 6.32. The SMILES string of the molecule is CC(C)(N)CNC(=O)c1cccc(CS(=O)(=O)c2ccccc2)c1.Cl. The molecule has 0 saturated heterocycles. The largest absolute Gasteiger partial charge is 0.350 e. The van der Waals surface area contributed by atoms with Crippen LogP contribution in [-0.4, -0.2) is 26.4 Å². The van der Waals surface area contributed by atoms with Crippen LogP contribution in [0.4, 0.5) is 0 Å². The highest BCUT2D eigenvalue weighted by atomic mass is 35.5. The number of halogens is 1. The minimum Gasteiger partial charge on any atom is -0.350 e. The molecule has 1 amide bonds. The van der Waals surface area contributed by atoms with Gasteiger partial charge in [0, 0.05) is 17.6 Å². The lowest BCUT2D eigenvalue weighted by molar-refractivity contribution is 0.0946. The van der Waals surface area contributed by atoms with Crippen molar-refractivity contribution in [2.24, 2.45) is 5.73 Å². The van der Waals surface area contributed by atoms with E-state index in [9.17, 15) is 13.2 Å². The number of amides is 1. The Labute approximate surface area is 155 Å². The van der Waals surface area contributed by atoms with Crippen LogP contribution in [0.3, 0.4) is 0 Å². The average molecular weight is 383 g/mol. The van der Waals surface area contributed by atoms with Gasteiger partial charge in [0.2, 0.25) is 0 Å². The molecule has 0 aliphatic carbocycles. The minimum atomic E-state index is -3.44. The minimum absolute atomic E-state index is 0. The summed E-state index contributed by atoms with van der Waals surface area (Å²) in [7, 11) is -3.44. The highest BCUT2D eigenvalue weighted by molar-refractivity contribution is 7.90. The Morgan fingerprint density at radius 3 is 2.32 bits per heavy atom. The molecule has 0 saturated carbocycles. The first-order valence-corrected chi connectivity index (χ1v) is 9.26. The molecule has 7 heteroatoms. The fraction of sp³-hybridized carbons (Fsp3) is 0.278. The second kappa shape index (κ2) is 8.47. The number of benzene rings is 2. The summed E-state index contributed by atoms with van der Waals surface area (Å²) in [6.45, 7) is 3.96. The Kier molecular flexibility index (Phi) is 7.17. The fourth-order valence-corrected chi connectivity index (χ4v) is 3.50. The van der Waals surface area contributed by atoms with E-state index in [1.807, 2.05) is 13.8 Å². The first kappa shape index (κ1) is 21.2. The molecule has 0 atom stereocenters. The molecular weight excluding hydrogens is 360 g/mol. The van der Waals surface area contributed by atoms with Crippen LogP contribution in [0.5, 0.6) is 0 Å². The number of carbonyl (C=O) groups excluding carboxylic acids is 1. The van der Waals surface area contributed by atoms with Crippen molar-refractivity contribution in [3.63, 3.8) is 0 Å². The van der Waals surface area contributed by atoms with Crippen LogP contribution in [0.1, 0.15) is 29.8 Å². The molecule has 0 unspecified atom stereocenters. The summed E-state index contributed by atoms with van der Waals surface area (Å²) in [6.07, 6.45) is 0. The first-order valence-electron chi connectivity index (χ1n) is 7.61. The van der Waals surface area contributed by atoms with Gasteiger partial charge in [0.1, 0.15) is 0 Å². The predicted molar refractivity (Wildman–Crippen MR) is 102 cm³/mol. The zero-order chi connectivity index (χ0) is 17.8. The molecule has 0 heterocycles. The second-order valence-electron chi connectivity index (χ2n) is 6.44. The standard InChI is InChI=1S/C18H22N2O3S.ClH/c1-18(2,19)13-20-17(21)15-8-6-7-14(11-15)12-24(22,23)16-9-4-3-5-10-16;/h3-11H,12-13,19H2,1-2H3,(H,20,21);1H. The summed E-state index contributed by atoms with van der Waals surface area (Å²) in [5, 5.41) is 2.75. The molecule has 25 heavy (non-hydrogen) atoms. The number of carbonyl (C=O) groups is 1. The van der Waals surface area contributed by atoms with Crippen LogP contribution in [-0.2, 0) is 15.6 Å². The molecular formula is C18H23ClN2O3S. The van der Waals surface area contributed by atoms with E-state index < -0.39 is 15.4 Å². The Hall–Kier alpha value is -1.89. The van der Waals surface area contributed by atoms with Crippen molar-refractivity contribution in [3.8, 4) is 0 Å². The van der Waals surface area contributed by atoms with Gasteiger partial charge in [-0.15, -0.1) is 12.4 Å². The maximum absolute atomic E-state index is 12.4. The molecule has 2 aromatic rings. The number of rotatable bonds is 6. The van der Waals surface area contributed by atoms with Crippen LogP contribution in [0.2, 0.25) is 0 Å². The maximum Gasteiger partial charge on any atom is 0.251 e. The number of nitrogens with one attached hydrogen (secondary N) is 1. The molecule has 5 nitrogen and oxygen atoms in total. The molecule has 136 valence electrons. The Balaban J connectivity index is 0.00000312. The summed E-state index contributed by atoms with van der Waals surface area (Å²) < 4.78 is 24.8. The third kappa shape index (κ3) is 6.49. The second-order valence-corrected chi connectivity index (χ2v) is 8.43. The zero-order valence-corrected chi connectivity index (χ0v) is 15.9. The summed E-state index contributed by atoms with van der Waals surface area (Å²) in [5.74, 6) is -0.423. The van der Waals surface area contributed by atoms with Gasteiger partial charge in [0.15, 0.2) is 9.84 Å². The fourth-order valence-electron chi connectivity index (χ4n) is 2.14. The number of hydrogen-bond donors (Lipinski definition) is 2. The van der Waals surface area contributed by atoms with Crippen molar-refractivity contribution in [1.29, 1.82) is 0 Å². The molecule has 0 bridgehead atoms. The van der Waals surface area contributed by atoms with Gasteiger partial charge >= 0.3 is 0 Å². The Bertz CT molecular complexity index is 816. The van der Waals surface area contributed by atoms with E-state index in [1.165, 1.54) is 0 Å². The van der Waals surface area contributed by atoms with Gasteiger partial charge in [-0.05, 0) is 43.7 Å². The first-order chi connectivity index (χ1) is 11.2. The average Bonchev–Trinajstić information content (AvgIpc) is 2.52. The van der Waals surface area contributed by atoms with E-state index in [-0.39, 0.29) is 29.0 Å². The van der Waals surface area contributed by atoms with Crippen molar-refractivity contribution in [2.45, 2.75) is 30.0 Å². The molecule has 2 aromatic carbocycles. The van der Waals surface area contributed by atoms with E-state index in [0.29, 0.717) is 17.7 Å². The van der Waals surface area contributed by atoms with E-state index in [4.69, 9.17) is 5.73 Å². The predicted octanol–water partition coefficient (Wildman–Crippen LogP) is 2.55. The number of nitrogens with two attached hydrogens (primary N) is 1. The van der Waals surface area contributed by atoms with Crippen molar-refractivity contribution in [1.82, 2.24) is 5.32 Å². The molecule has 0 aliphatic rings. The molecule has 0 fully saturated rings. The molecule has 0 spiro atoms. The van der Waals surface area contributed by atoms with E-state index in [2.05, 4.69) is 5.32 Å². The van der Waals surface area contributed by atoms with Gasteiger partial charge in [-0.25, -0.2) is 8.42 Å². The Morgan fingerprint density at radius 1 is 1.08 bits per heavy atom. The topological polar surface area (TPSA) is 89.3 Å². The maximum atomic E-state index is 12.4. The normalized spacial score (nSPS) is 11.5. The molecule has 3 N–H and O–H groups in total. The van der Waals surface area contributed by atoms with Gasteiger partial charge in [-0.2, -0.15) is 0 Å². The lowest BCUT2D eigenvalue weighted by Gasteiger charge is -2.19. The van der Waals surface area contributed by atoms with Gasteiger partial charge in [0.05, 0.1) is 10.6 Å². The van der Waals surface area contributed by atoms with Crippen molar-refractivity contribution < 1.29 is 13.2 Å². The van der Waals surface area contributed by atoms with Gasteiger partial charge in [0.25, 0.3) is 5.91 Å². The monoisotopic (exact) mass is 382 g/mol. The molecule has 0 radical (unpaired) electrons. The van der Waals surface area contributed by atoms with E-state index in [1.54, 1.807) is 54.6 Å². The van der Waals surface area contributed by atoms with Crippen molar-refractivity contribution >= 4 is 28.2 Å². The van der Waals surface area contributed by atoms with Crippen LogP contribution >= 0.6 is 12.4 Å². The molecule has 2 rings (SSSR count). The third-order valence-corrected chi connectivity index (χ3v) is 5.06. The molecule has 0 aromatic heterocycles. The van der Waals surface area contributed by atoms with Gasteiger partial charge < -0.3 is 11.1 Å². The lowest BCUT2D eigenvalue weighted by atomic mass is 10.1. The van der Waals surface area contributed by atoms with Gasteiger partial charge in [-0.3, -0.25) is 4.79 Å². The highest BCUT2D eigenvalue weighted by Gasteiger charge is 2.17. The summed E-state index contributed by atoms with van der Waals surface area (Å²) in [4.78, 5) is 12.4. The van der Waals surface area contributed by atoms with Crippen LogP contribution < -0.4 is 11.1 Å². The van der Waals surface area contributed by atoms with E-state index >= 15 is 0 Å². The molecule has 0 aliphatic heterocycles. The highest BCUT2D eigenvalue weighted by Crippen LogP contribution is 2.17. The smallest absolute Gasteiger partial charge is 0.251 e. The van der Waals surface area contributed by atoms with Crippen molar-refractivity contribution in [2.75, 3.05) is 6.54 Å². The van der Waals surface area contributed by atoms with Crippen LogP contribution in [0, 0.1) is 0 Å². The van der Waals surface area contributed by atoms with Crippen LogP contribution in [0.15, 0.2) is 59.5 Å². The summed E-state index contributed by atoms with van der Waals surface area (Å²) >= 11 is 0. The number of sulfone groups is 1. The van der Waals surface area contributed by atoms with E-state index in [0.717, 1.165) is 0 Å².